The van der Waals surface area contributed by atoms with E-state index in [1.54, 1.807) is 69.4 Å². The van der Waals surface area contributed by atoms with Gasteiger partial charge in [0.05, 0.1) is 42.7 Å². The third-order valence-electron chi connectivity index (χ3n) is 18.8. The number of carbonyl (C=O) groups excluding carboxylic acids is 10. The van der Waals surface area contributed by atoms with Gasteiger partial charge in [0.25, 0.3) is 11.8 Å². The number of hydrogen-bond acceptors (Lipinski definition) is 15. The lowest BCUT2D eigenvalue weighted by Crippen LogP contribution is -2.54. The number of likely N-dealkylation sites (tertiary alicyclic amines) is 1. The number of anilines is 1. The summed E-state index contributed by atoms with van der Waals surface area (Å²) >= 11 is 0. The number of nitrogens with two attached hydrogens (primary N) is 1. The molecule has 95 heavy (non-hydrogen) atoms. The van der Waals surface area contributed by atoms with Crippen LogP contribution in [-0.2, 0) is 70.4 Å². The van der Waals surface area contributed by atoms with Crippen molar-refractivity contribution in [1.82, 2.24) is 35.1 Å². The van der Waals surface area contributed by atoms with E-state index >= 15 is 0 Å². The van der Waals surface area contributed by atoms with Gasteiger partial charge in [-0.3, -0.25) is 43.3 Å². The van der Waals surface area contributed by atoms with Crippen molar-refractivity contribution in [1.29, 1.82) is 0 Å². The molecule has 6 N–H and O–H groups in total. The summed E-state index contributed by atoms with van der Waals surface area (Å²) in [5.74, 6) is -5.89. The van der Waals surface area contributed by atoms with Crippen LogP contribution in [0.15, 0.2) is 66.7 Å². The molecule has 0 radical (unpaired) electrons. The van der Waals surface area contributed by atoms with Crippen LogP contribution in [0.4, 0.5) is 15.3 Å². The van der Waals surface area contributed by atoms with Gasteiger partial charge < -0.3 is 60.6 Å². The lowest BCUT2D eigenvalue weighted by Gasteiger charge is -2.41. The molecule has 24 heteroatoms. The molecule has 11 atom stereocenters. The number of nitrogens with one attached hydrogen (secondary N) is 3. The number of carboxylic acid groups (broad SMARTS) is 1. The number of methoxy groups -OCH3 is 2. The fraction of sp³-hybridized carbons (Fsp3) is 0.648. The zero-order chi connectivity index (χ0) is 70.8. The van der Waals surface area contributed by atoms with Crippen LogP contribution in [0.25, 0.3) is 0 Å². The zero-order valence-corrected chi connectivity index (χ0v) is 58.6. The van der Waals surface area contributed by atoms with E-state index in [0.717, 1.165) is 16.9 Å². The van der Waals surface area contributed by atoms with Gasteiger partial charge >= 0.3 is 18.1 Å². The topological polar surface area (TPSA) is 314 Å². The van der Waals surface area contributed by atoms with Crippen LogP contribution in [0.2, 0.25) is 0 Å². The second-order valence-corrected chi connectivity index (χ2v) is 26.9. The Labute approximate surface area is 562 Å². The van der Waals surface area contributed by atoms with Crippen molar-refractivity contribution in [3.63, 3.8) is 0 Å². The number of hydrogen-bond donors (Lipinski definition) is 5. The van der Waals surface area contributed by atoms with Crippen molar-refractivity contribution in [2.24, 2.45) is 47.2 Å². The number of urea groups is 1. The predicted molar refractivity (Wildman–Crippen MR) is 361 cm³/mol. The standard InChI is InChI=1S/C71H109N9O15/c1-15-47(8)65(58(93-13)41-62(86)79-37-23-27-55(79)66(94-14)48(9)67(87)75-54(69(89)90)38-49-24-18-16-19-25-49)76(10)42-52(44(2)3)40-57(82)64(46(6)7)78(12)71(92)95-43-50-29-31-53(32-30-50)74-68(88)51(26-22-35-73-70(72)91)39-56(81)63(45(4)5)77(11)59(83)28-20-17-21-36-80-60(84)33-34-61(80)85/h16,18-19,24-25,29-34,44-48,51-52,54-55,58,63-66H,15,17,20-23,26-28,35-43H2,1-14H3,(H,74,88)(H,75,87)(H,89,90)(H3,72,73,91)/t47-,48+,51+,52+,54-,55-,58+,63-,64-,65-,66+/m0/s1. The van der Waals surface area contributed by atoms with Gasteiger partial charge in [-0.25, -0.2) is 14.4 Å². The fourth-order valence-corrected chi connectivity index (χ4v) is 13.3. The van der Waals surface area contributed by atoms with Crippen LogP contribution in [0, 0.1) is 41.4 Å². The highest BCUT2D eigenvalue weighted by Gasteiger charge is 2.43. The monoisotopic (exact) mass is 1330 g/mol. The molecule has 24 nitrogen and oxygen atoms in total. The number of rotatable bonds is 42. The summed E-state index contributed by atoms with van der Waals surface area (Å²) in [4.78, 5) is 153. The molecule has 528 valence electrons. The number of carbonyl (C=O) groups is 11. The van der Waals surface area contributed by atoms with Crippen LogP contribution in [0.5, 0.6) is 0 Å². The van der Waals surface area contributed by atoms with Crippen LogP contribution in [-0.4, -0.2) is 199 Å². The van der Waals surface area contributed by atoms with Crippen LogP contribution < -0.4 is 21.7 Å². The van der Waals surface area contributed by atoms with E-state index in [1.165, 1.54) is 29.1 Å². The molecule has 2 aromatic carbocycles. The van der Waals surface area contributed by atoms with Gasteiger partial charge in [-0.15, -0.1) is 0 Å². The number of amides is 9. The first-order valence-corrected chi connectivity index (χ1v) is 33.8. The lowest BCUT2D eigenvalue weighted by atomic mass is 9.84. The van der Waals surface area contributed by atoms with Crippen molar-refractivity contribution in [3.05, 3.63) is 77.9 Å². The molecule has 4 rings (SSSR count). The van der Waals surface area contributed by atoms with Gasteiger partial charge in [0, 0.05) is 110 Å². The molecular weight excluding hydrogens is 1220 g/mol. The smallest absolute Gasteiger partial charge is 0.410 e. The highest BCUT2D eigenvalue weighted by Crippen LogP contribution is 2.32. The van der Waals surface area contributed by atoms with Crippen molar-refractivity contribution in [2.75, 3.05) is 66.9 Å². The number of primary amides is 1. The van der Waals surface area contributed by atoms with Gasteiger partial charge in [0.1, 0.15) is 12.6 Å². The first-order chi connectivity index (χ1) is 44.9. The summed E-state index contributed by atoms with van der Waals surface area (Å²) in [7, 11) is 8.21. The molecule has 1 fully saturated rings. The number of benzene rings is 2. The number of nitrogens with zero attached hydrogens (tertiary/aromatic N) is 5. The van der Waals surface area contributed by atoms with Gasteiger partial charge in [-0.1, -0.05) is 118 Å². The minimum atomic E-state index is -1.16. The summed E-state index contributed by atoms with van der Waals surface area (Å²) in [5, 5.41) is 18.1. The largest absolute Gasteiger partial charge is 0.480 e. The fourth-order valence-electron chi connectivity index (χ4n) is 13.3. The van der Waals surface area contributed by atoms with E-state index in [4.69, 9.17) is 19.9 Å². The van der Waals surface area contributed by atoms with Crippen LogP contribution in [0.3, 0.4) is 0 Å². The van der Waals surface area contributed by atoms with Crippen LogP contribution >= 0.6 is 0 Å². The maximum atomic E-state index is 14.5. The third kappa shape index (κ3) is 24.2. The van der Waals surface area contributed by atoms with Crippen molar-refractivity contribution >= 4 is 70.8 Å². The number of ketones is 2. The van der Waals surface area contributed by atoms with Gasteiger partial charge in [-0.05, 0) is 98.4 Å². The summed E-state index contributed by atoms with van der Waals surface area (Å²) < 4.78 is 17.9. The Bertz CT molecular complexity index is 2890. The minimum Gasteiger partial charge on any atom is -0.480 e. The molecule has 1 saturated heterocycles. The molecule has 0 aliphatic carbocycles. The second kappa shape index (κ2) is 39.5. The third-order valence-corrected chi connectivity index (χ3v) is 18.8. The Morgan fingerprint density at radius 2 is 1.35 bits per heavy atom. The first kappa shape index (κ1) is 79.9. The number of imide groups is 1. The Morgan fingerprint density at radius 3 is 1.92 bits per heavy atom. The van der Waals surface area contributed by atoms with Gasteiger partial charge in [0.15, 0.2) is 11.6 Å². The highest BCUT2D eigenvalue weighted by atomic mass is 16.6. The summed E-state index contributed by atoms with van der Waals surface area (Å²) in [6, 6.07) is 11.5. The van der Waals surface area contributed by atoms with E-state index in [1.807, 2.05) is 52.9 Å². The number of carboxylic acids is 1. The Morgan fingerprint density at radius 1 is 0.726 bits per heavy atom. The summed E-state index contributed by atoms with van der Waals surface area (Å²) in [6.07, 6.45) is 4.97. The molecule has 2 aliphatic heterocycles. The Hall–Kier alpha value is -7.57. The average molecular weight is 1330 g/mol. The SMILES string of the molecule is CC[C@H](C)[C@@H]([C@@H](CC(=O)N1CCC[C@H]1[C@H](OC)[C@@H](C)C(=O)N[C@@H](Cc1ccccc1)C(=O)O)OC)N(C)C[C@@H](CC(=O)[C@H](C(C)C)N(C)C(=O)OCc1ccc(NC(=O)[C@H](CCCNC(N)=O)CC(=O)[C@H](C(C)C)N(C)C(=O)CCCCCN2C(=O)C=CC2=O)cc1)C(C)C. The molecular formula is C71H109N9O15. The summed E-state index contributed by atoms with van der Waals surface area (Å²) in [5.41, 5.74) is 7.05. The van der Waals surface area contributed by atoms with Crippen molar-refractivity contribution < 1.29 is 72.1 Å². The number of likely N-dealkylation sites (N-methyl/N-ethyl adjacent to an activating group) is 3. The predicted octanol–water partition coefficient (Wildman–Crippen LogP) is 7.65. The summed E-state index contributed by atoms with van der Waals surface area (Å²) in [6.45, 7) is 18.6. The first-order valence-electron chi connectivity index (χ1n) is 33.8. The molecule has 2 aromatic rings. The molecule has 0 aromatic heterocycles. The Balaban J connectivity index is 1.37. The quantitative estimate of drug-likeness (QED) is 0.0315. The number of aliphatic carboxylic acids is 1. The highest BCUT2D eigenvalue weighted by molar-refractivity contribution is 6.12. The minimum absolute atomic E-state index is 0.0433. The molecule has 2 aliphatic rings. The zero-order valence-electron chi connectivity index (χ0n) is 58.6. The van der Waals surface area contributed by atoms with E-state index in [0.29, 0.717) is 62.9 Å². The van der Waals surface area contributed by atoms with E-state index < -0.39 is 78.1 Å². The van der Waals surface area contributed by atoms with Gasteiger partial charge in [-0.2, -0.15) is 0 Å². The molecule has 0 bridgehead atoms. The van der Waals surface area contributed by atoms with Crippen LogP contribution in [0.1, 0.15) is 150 Å². The molecule has 0 unspecified atom stereocenters. The number of ether oxygens (including phenoxy) is 3. The van der Waals surface area contributed by atoms with Crippen molar-refractivity contribution in [2.45, 2.75) is 195 Å². The maximum absolute atomic E-state index is 14.5. The molecule has 0 saturated carbocycles. The maximum Gasteiger partial charge on any atom is 0.410 e. The average Bonchev–Trinajstić information content (AvgIpc) is 1.81. The number of unbranched alkanes of at least 4 members (excludes halogenated alkanes) is 2. The molecule has 2 heterocycles. The molecule has 9 amide bonds. The molecule has 0 spiro atoms. The Kier molecular flexibility index (Phi) is 33.2. The van der Waals surface area contributed by atoms with Crippen molar-refractivity contribution in [3.8, 4) is 0 Å². The van der Waals surface area contributed by atoms with E-state index in [2.05, 4.69) is 48.5 Å². The van der Waals surface area contributed by atoms with E-state index in [9.17, 15) is 57.8 Å². The second-order valence-electron chi connectivity index (χ2n) is 26.9. The lowest BCUT2D eigenvalue weighted by molar-refractivity contribution is -0.145. The number of Topliss-reactive ketones (excluding diaryl/α,β-unsaturated/α-hetero) is 2. The normalized spacial score (nSPS) is 17.2. The van der Waals surface area contributed by atoms with E-state index in [-0.39, 0.29) is 129 Å². The van der Waals surface area contributed by atoms with Gasteiger partial charge in [0.2, 0.25) is 23.6 Å².